The van der Waals surface area contributed by atoms with E-state index in [0.29, 0.717) is 13.1 Å². The van der Waals surface area contributed by atoms with Gasteiger partial charge in [-0.3, -0.25) is 4.79 Å². The lowest BCUT2D eigenvalue weighted by Gasteiger charge is -2.27. The number of hydrogen-bond acceptors (Lipinski definition) is 2. The zero-order valence-electron chi connectivity index (χ0n) is 14.4. The van der Waals surface area contributed by atoms with Crippen LogP contribution >= 0.6 is 11.6 Å². The van der Waals surface area contributed by atoms with Gasteiger partial charge in [0.25, 0.3) is 0 Å². The summed E-state index contributed by atoms with van der Waals surface area (Å²) in [6, 6.07) is 18.2. The first-order valence-electron chi connectivity index (χ1n) is 8.64. The van der Waals surface area contributed by atoms with Crippen molar-refractivity contribution in [3.63, 3.8) is 0 Å². The molecular formula is C21H23ClN2O. The third kappa shape index (κ3) is 4.71. The normalized spacial score (nSPS) is 15.6. The van der Waals surface area contributed by atoms with Crippen molar-refractivity contribution in [2.75, 3.05) is 19.6 Å². The number of carbonyl (C=O) groups is 1. The largest absolute Gasteiger partial charge is 0.338 e. The summed E-state index contributed by atoms with van der Waals surface area (Å²) in [6.45, 7) is 3.86. The van der Waals surface area contributed by atoms with Gasteiger partial charge in [-0.1, -0.05) is 60.1 Å². The van der Waals surface area contributed by atoms with Gasteiger partial charge < -0.3 is 10.2 Å². The number of hydrogen-bond donors (Lipinski definition) is 1. The van der Waals surface area contributed by atoms with Gasteiger partial charge in [-0.25, -0.2) is 0 Å². The lowest BCUT2D eigenvalue weighted by atomic mass is 9.99. The molecule has 2 aromatic carbocycles. The number of halogens is 1. The molecule has 2 aromatic rings. The molecule has 3 nitrogen and oxygen atoms in total. The molecule has 0 spiro atoms. The average Bonchev–Trinajstić information content (AvgIpc) is 2.67. The highest BCUT2D eigenvalue weighted by Crippen LogP contribution is 2.22. The van der Waals surface area contributed by atoms with E-state index in [1.54, 1.807) is 0 Å². The summed E-state index contributed by atoms with van der Waals surface area (Å²) >= 11 is 5.91. The van der Waals surface area contributed by atoms with Crippen LogP contribution in [0.3, 0.4) is 0 Å². The highest BCUT2D eigenvalue weighted by atomic mass is 35.5. The van der Waals surface area contributed by atoms with E-state index in [1.807, 2.05) is 35.2 Å². The molecule has 1 heterocycles. The molecule has 1 N–H and O–H groups in total. The van der Waals surface area contributed by atoms with Gasteiger partial charge in [0, 0.05) is 24.2 Å². The van der Waals surface area contributed by atoms with Gasteiger partial charge in [0.1, 0.15) is 0 Å². The van der Waals surface area contributed by atoms with Crippen LogP contribution < -0.4 is 5.32 Å². The molecule has 25 heavy (non-hydrogen) atoms. The van der Waals surface area contributed by atoms with Gasteiger partial charge in [0.15, 0.2) is 0 Å². The van der Waals surface area contributed by atoms with Crippen LogP contribution in [0.2, 0.25) is 5.02 Å². The Morgan fingerprint density at radius 3 is 2.52 bits per heavy atom. The molecule has 0 radical (unpaired) electrons. The summed E-state index contributed by atoms with van der Waals surface area (Å²) in [5, 5.41) is 4.03. The van der Waals surface area contributed by atoms with Crippen LogP contribution in [0.4, 0.5) is 0 Å². The van der Waals surface area contributed by atoms with Crippen LogP contribution in [-0.4, -0.2) is 30.4 Å². The van der Waals surface area contributed by atoms with E-state index < -0.39 is 0 Å². The molecule has 0 saturated heterocycles. The van der Waals surface area contributed by atoms with Crippen LogP contribution in [0.1, 0.15) is 30.5 Å². The zero-order valence-corrected chi connectivity index (χ0v) is 15.2. The van der Waals surface area contributed by atoms with Gasteiger partial charge in [0.05, 0.1) is 6.54 Å². The van der Waals surface area contributed by atoms with Gasteiger partial charge in [0.2, 0.25) is 5.91 Å². The summed E-state index contributed by atoms with van der Waals surface area (Å²) in [5.41, 5.74) is 3.71. The Morgan fingerprint density at radius 1 is 1.16 bits per heavy atom. The van der Waals surface area contributed by atoms with Crippen molar-refractivity contribution >= 4 is 23.1 Å². The topological polar surface area (TPSA) is 32.3 Å². The summed E-state index contributed by atoms with van der Waals surface area (Å²) in [4.78, 5) is 14.4. The van der Waals surface area contributed by atoms with Gasteiger partial charge in [-0.05, 0) is 42.2 Å². The average molecular weight is 355 g/mol. The van der Waals surface area contributed by atoms with Crippen molar-refractivity contribution in [2.45, 2.75) is 19.4 Å². The molecule has 4 heteroatoms. The second kappa shape index (κ2) is 8.32. The minimum absolute atomic E-state index is 0.112. The molecule has 0 saturated carbocycles. The van der Waals surface area contributed by atoms with Crippen LogP contribution in [0.15, 0.2) is 60.7 Å². The van der Waals surface area contributed by atoms with Crippen molar-refractivity contribution in [1.82, 2.24) is 10.2 Å². The maximum absolute atomic E-state index is 12.4. The zero-order chi connectivity index (χ0) is 17.6. The summed E-state index contributed by atoms with van der Waals surface area (Å²) in [6.07, 6.45) is 3.07. The van der Waals surface area contributed by atoms with Gasteiger partial charge in [-0.2, -0.15) is 0 Å². The predicted molar refractivity (Wildman–Crippen MR) is 103 cm³/mol. The Hall–Kier alpha value is -2.10. The molecule has 0 aliphatic carbocycles. The number of amides is 1. The number of benzene rings is 2. The minimum atomic E-state index is 0.112. The highest BCUT2D eigenvalue weighted by Gasteiger charge is 2.18. The molecule has 1 aliphatic heterocycles. The second-order valence-corrected chi connectivity index (χ2v) is 6.78. The predicted octanol–water partition coefficient (Wildman–Crippen LogP) is 4.31. The first-order chi connectivity index (χ1) is 12.1. The molecule has 1 aliphatic rings. The number of carbonyl (C=O) groups excluding carboxylic acids is 1. The Bertz CT molecular complexity index is 740. The molecule has 0 bridgehead atoms. The maximum Gasteiger partial charge on any atom is 0.236 e. The fourth-order valence-corrected chi connectivity index (χ4v) is 3.16. The first kappa shape index (κ1) is 17.7. The second-order valence-electron chi connectivity index (χ2n) is 6.34. The van der Waals surface area contributed by atoms with E-state index in [-0.39, 0.29) is 11.9 Å². The van der Waals surface area contributed by atoms with E-state index in [2.05, 4.69) is 42.6 Å². The molecule has 130 valence electrons. The van der Waals surface area contributed by atoms with Crippen molar-refractivity contribution in [2.24, 2.45) is 0 Å². The SMILES string of the molecule is C[C@H](NCC(=O)N1CC=C(c2ccccc2)CC1)c1ccc(Cl)cc1. The van der Waals surface area contributed by atoms with Crippen molar-refractivity contribution < 1.29 is 4.79 Å². The van der Waals surface area contributed by atoms with E-state index in [1.165, 1.54) is 11.1 Å². The minimum Gasteiger partial charge on any atom is -0.338 e. The monoisotopic (exact) mass is 354 g/mol. The van der Waals surface area contributed by atoms with Crippen molar-refractivity contribution in [1.29, 1.82) is 0 Å². The summed E-state index contributed by atoms with van der Waals surface area (Å²) in [5.74, 6) is 0.143. The Kier molecular flexibility index (Phi) is 5.90. The van der Waals surface area contributed by atoms with E-state index >= 15 is 0 Å². The quantitative estimate of drug-likeness (QED) is 0.867. The molecule has 1 amide bonds. The van der Waals surface area contributed by atoms with E-state index in [9.17, 15) is 4.79 Å². The van der Waals surface area contributed by atoms with Crippen molar-refractivity contribution in [3.05, 3.63) is 76.8 Å². The van der Waals surface area contributed by atoms with Gasteiger partial charge >= 0.3 is 0 Å². The Morgan fingerprint density at radius 2 is 1.88 bits per heavy atom. The first-order valence-corrected chi connectivity index (χ1v) is 9.02. The fourth-order valence-electron chi connectivity index (χ4n) is 3.03. The third-order valence-electron chi connectivity index (χ3n) is 4.64. The number of rotatable bonds is 5. The van der Waals surface area contributed by atoms with Crippen LogP contribution in [-0.2, 0) is 4.79 Å². The fraction of sp³-hybridized carbons (Fsp3) is 0.286. The van der Waals surface area contributed by atoms with Crippen LogP contribution in [0.25, 0.3) is 5.57 Å². The maximum atomic E-state index is 12.4. The van der Waals surface area contributed by atoms with E-state index in [0.717, 1.165) is 23.6 Å². The standard InChI is InChI=1S/C21H23ClN2O/c1-16(17-7-9-20(22)10-8-17)23-15-21(25)24-13-11-19(12-14-24)18-5-3-2-4-6-18/h2-11,16,23H,12-15H2,1H3/t16-/m0/s1. The molecule has 0 unspecified atom stereocenters. The molecule has 3 rings (SSSR count). The third-order valence-corrected chi connectivity index (χ3v) is 4.89. The number of nitrogens with zero attached hydrogens (tertiary/aromatic N) is 1. The van der Waals surface area contributed by atoms with Crippen LogP contribution in [0.5, 0.6) is 0 Å². The molecule has 1 atom stereocenters. The molecular weight excluding hydrogens is 332 g/mol. The molecule has 0 fully saturated rings. The Labute approximate surface area is 154 Å². The lowest BCUT2D eigenvalue weighted by Crippen LogP contribution is -2.41. The summed E-state index contributed by atoms with van der Waals surface area (Å²) in [7, 11) is 0. The lowest BCUT2D eigenvalue weighted by molar-refractivity contribution is -0.129. The molecule has 0 aromatic heterocycles. The van der Waals surface area contributed by atoms with Gasteiger partial charge in [-0.15, -0.1) is 0 Å². The highest BCUT2D eigenvalue weighted by molar-refractivity contribution is 6.30. The smallest absolute Gasteiger partial charge is 0.236 e. The van der Waals surface area contributed by atoms with Crippen molar-refractivity contribution in [3.8, 4) is 0 Å². The summed E-state index contributed by atoms with van der Waals surface area (Å²) < 4.78 is 0. The Balaban J connectivity index is 1.51. The van der Waals surface area contributed by atoms with E-state index in [4.69, 9.17) is 11.6 Å². The number of nitrogens with one attached hydrogen (secondary N) is 1. The van der Waals surface area contributed by atoms with Crippen LogP contribution in [0, 0.1) is 0 Å².